The van der Waals surface area contributed by atoms with Crippen LogP contribution in [0, 0.1) is 28.6 Å². The van der Waals surface area contributed by atoms with Gasteiger partial charge in [-0.05, 0) is 48.3 Å². The zero-order valence-corrected chi connectivity index (χ0v) is 14.3. The number of unbranched alkanes of at least 4 members (excludes halogenated alkanes) is 2. The summed E-state index contributed by atoms with van der Waals surface area (Å²) in [7, 11) is 0. The van der Waals surface area contributed by atoms with Crippen LogP contribution >= 0.6 is 0 Å². The zero-order chi connectivity index (χ0) is 15.0. The summed E-state index contributed by atoms with van der Waals surface area (Å²) in [6.45, 7) is 11.9. The van der Waals surface area contributed by atoms with Crippen molar-refractivity contribution in [2.24, 2.45) is 28.6 Å². The molecular weight excluding hydrogens is 244 g/mol. The molecule has 0 spiro atoms. The Morgan fingerprint density at radius 1 is 1.15 bits per heavy atom. The summed E-state index contributed by atoms with van der Waals surface area (Å²) >= 11 is 0. The molecule has 0 radical (unpaired) electrons. The normalized spacial score (nSPS) is 45.2. The SMILES string of the molecule is CCCCC[C@@]1(C)[C@@H]2CCC(=O)[C@H](C)[C@]2(C)CC[C@@H]1C. The first kappa shape index (κ1) is 16.0. The van der Waals surface area contributed by atoms with Crippen molar-refractivity contribution in [3.05, 3.63) is 0 Å². The van der Waals surface area contributed by atoms with Crippen LogP contribution in [-0.4, -0.2) is 5.78 Å². The molecular formula is C19H34O. The standard InChI is InChI=1S/C19H34O/c1-6-7-8-12-18(4)14(2)11-13-19(5)15(3)16(20)9-10-17(18)19/h14-15,17H,6-13H2,1-5H3/t14-,15-,17-,18+,19-/m0/s1. The minimum absolute atomic E-state index is 0.267. The molecule has 2 fully saturated rings. The van der Waals surface area contributed by atoms with Crippen LogP contribution in [0.3, 0.4) is 0 Å². The van der Waals surface area contributed by atoms with Gasteiger partial charge in [-0.1, -0.05) is 53.9 Å². The molecule has 0 aliphatic heterocycles. The highest BCUT2D eigenvalue weighted by Crippen LogP contribution is 2.62. The Morgan fingerprint density at radius 2 is 1.85 bits per heavy atom. The third-order valence-corrected chi connectivity index (χ3v) is 7.30. The van der Waals surface area contributed by atoms with E-state index in [9.17, 15) is 4.79 Å². The lowest BCUT2D eigenvalue weighted by Crippen LogP contribution is -2.54. The minimum Gasteiger partial charge on any atom is -0.299 e. The predicted octanol–water partition coefficient (Wildman–Crippen LogP) is 5.62. The van der Waals surface area contributed by atoms with Gasteiger partial charge in [-0.25, -0.2) is 0 Å². The summed E-state index contributed by atoms with van der Waals surface area (Å²) in [6, 6.07) is 0. The van der Waals surface area contributed by atoms with Crippen LogP contribution in [0.5, 0.6) is 0 Å². The van der Waals surface area contributed by atoms with Gasteiger partial charge in [0, 0.05) is 12.3 Å². The van der Waals surface area contributed by atoms with Crippen molar-refractivity contribution in [2.75, 3.05) is 0 Å². The summed E-state index contributed by atoms with van der Waals surface area (Å²) < 4.78 is 0. The maximum absolute atomic E-state index is 12.2. The van der Waals surface area contributed by atoms with E-state index in [4.69, 9.17) is 0 Å². The molecule has 0 aromatic carbocycles. The molecule has 116 valence electrons. The first-order valence-corrected chi connectivity index (χ1v) is 8.89. The minimum atomic E-state index is 0.267. The maximum Gasteiger partial charge on any atom is 0.136 e. The molecule has 2 aliphatic carbocycles. The smallest absolute Gasteiger partial charge is 0.136 e. The number of carbonyl (C=O) groups is 1. The van der Waals surface area contributed by atoms with Crippen molar-refractivity contribution in [3.63, 3.8) is 0 Å². The number of fused-ring (bicyclic) bond motifs is 1. The Labute approximate surface area is 125 Å². The zero-order valence-electron chi connectivity index (χ0n) is 14.3. The lowest BCUT2D eigenvalue weighted by molar-refractivity contribution is -0.148. The van der Waals surface area contributed by atoms with Crippen molar-refractivity contribution >= 4 is 5.78 Å². The van der Waals surface area contributed by atoms with Gasteiger partial charge < -0.3 is 0 Å². The highest BCUT2D eigenvalue weighted by molar-refractivity contribution is 5.82. The molecule has 2 saturated carbocycles. The number of hydrogen-bond donors (Lipinski definition) is 0. The van der Waals surface area contributed by atoms with Crippen molar-refractivity contribution in [1.29, 1.82) is 0 Å². The molecule has 1 heteroatoms. The van der Waals surface area contributed by atoms with Crippen LogP contribution in [0.4, 0.5) is 0 Å². The Morgan fingerprint density at radius 3 is 2.50 bits per heavy atom. The van der Waals surface area contributed by atoms with Crippen LogP contribution in [0.25, 0.3) is 0 Å². The lowest BCUT2D eigenvalue weighted by atomic mass is 9.44. The van der Waals surface area contributed by atoms with Gasteiger partial charge in [0.1, 0.15) is 5.78 Å². The van der Waals surface area contributed by atoms with Gasteiger partial charge >= 0.3 is 0 Å². The van der Waals surface area contributed by atoms with E-state index >= 15 is 0 Å². The van der Waals surface area contributed by atoms with Crippen molar-refractivity contribution in [3.8, 4) is 0 Å². The molecule has 0 aromatic heterocycles. The van der Waals surface area contributed by atoms with Gasteiger partial charge in [0.05, 0.1) is 0 Å². The number of hydrogen-bond acceptors (Lipinski definition) is 1. The van der Waals surface area contributed by atoms with Crippen LogP contribution in [0.1, 0.15) is 86.0 Å². The van der Waals surface area contributed by atoms with Gasteiger partial charge in [0.15, 0.2) is 0 Å². The fourth-order valence-corrected chi connectivity index (χ4v) is 5.35. The Balaban J connectivity index is 2.24. The second-order valence-electron chi connectivity index (χ2n) is 8.19. The summed E-state index contributed by atoms with van der Waals surface area (Å²) in [5.74, 6) is 2.37. The molecule has 0 heterocycles. The van der Waals surface area contributed by atoms with E-state index in [2.05, 4.69) is 34.6 Å². The van der Waals surface area contributed by atoms with Crippen LogP contribution in [0.2, 0.25) is 0 Å². The summed E-state index contributed by atoms with van der Waals surface area (Å²) in [5.41, 5.74) is 0.722. The summed E-state index contributed by atoms with van der Waals surface area (Å²) in [5, 5.41) is 0. The molecule has 2 rings (SSSR count). The average molecular weight is 278 g/mol. The largest absolute Gasteiger partial charge is 0.299 e. The maximum atomic E-state index is 12.2. The van der Waals surface area contributed by atoms with E-state index in [1.54, 1.807) is 0 Å². The summed E-state index contributed by atoms with van der Waals surface area (Å²) in [6.07, 6.45) is 9.95. The van der Waals surface area contributed by atoms with E-state index in [1.165, 1.54) is 38.5 Å². The number of ketones is 1. The second-order valence-corrected chi connectivity index (χ2v) is 8.19. The topological polar surface area (TPSA) is 17.1 Å². The van der Waals surface area contributed by atoms with Crippen molar-refractivity contribution in [2.45, 2.75) is 86.0 Å². The predicted molar refractivity (Wildman–Crippen MR) is 85.6 cm³/mol. The fourth-order valence-electron chi connectivity index (χ4n) is 5.35. The van der Waals surface area contributed by atoms with E-state index in [0.29, 0.717) is 11.2 Å². The van der Waals surface area contributed by atoms with Crippen LogP contribution in [0.15, 0.2) is 0 Å². The molecule has 0 bridgehead atoms. The highest BCUT2D eigenvalue weighted by Gasteiger charge is 2.56. The molecule has 1 nitrogen and oxygen atoms in total. The number of Topliss-reactive ketones (excluding diaryl/α,β-unsaturated/α-hetero) is 1. The Bertz CT molecular complexity index is 361. The first-order chi connectivity index (χ1) is 9.36. The first-order valence-electron chi connectivity index (χ1n) is 8.89. The van der Waals surface area contributed by atoms with Gasteiger partial charge in [0.25, 0.3) is 0 Å². The van der Waals surface area contributed by atoms with Crippen molar-refractivity contribution in [1.82, 2.24) is 0 Å². The van der Waals surface area contributed by atoms with E-state index in [-0.39, 0.29) is 11.3 Å². The highest BCUT2D eigenvalue weighted by atomic mass is 16.1. The lowest BCUT2D eigenvalue weighted by Gasteiger charge is -2.59. The van der Waals surface area contributed by atoms with Gasteiger partial charge in [-0.2, -0.15) is 0 Å². The van der Waals surface area contributed by atoms with Crippen molar-refractivity contribution < 1.29 is 4.79 Å². The van der Waals surface area contributed by atoms with E-state index in [1.807, 2.05) is 0 Å². The van der Waals surface area contributed by atoms with Gasteiger partial charge in [0.2, 0.25) is 0 Å². The second kappa shape index (κ2) is 5.81. The average Bonchev–Trinajstić information content (AvgIpc) is 2.41. The molecule has 2 aliphatic rings. The fraction of sp³-hybridized carbons (Fsp3) is 0.947. The van der Waals surface area contributed by atoms with E-state index < -0.39 is 0 Å². The Hall–Kier alpha value is -0.330. The molecule has 0 unspecified atom stereocenters. The van der Waals surface area contributed by atoms with Gasteiger partial charge in [-0.15, -0.1) is 0 Å². The monoisotopic (exact) mass is 278 g/mol. The third kappa shape index (κ3) is 2.46. The molecule has 0 N–H and O–H groups in total. The van der Waals surface area contributed by atoms with Gasteiger partial charge in [-0.3, -0.25) is 4.79 Å². The molecule has 0 aromatic rings. The van der Waals surface area contributed by atoms with E-state index in [0.717, 1.165) is 24.7 Å². The van der Waals surface area contributed by atoms with Crippen LogP contribution < -0.4 is 0 Å². The van der Waals surface area contributed by atoms with Crippen LogP contribution in [-0.2, 0) is 4.79 Å². The number of carbonyl (C=O) groups excluding carboxylic acids is 1. The third-order valence-electron chi connectivity index (χ3n) is 7.30. The molecule has 20 heavy (non-hydrogen) atoms. The molecule has 0 saturated heterocycles. The molecule has 0 amide bonds. The summed E-state index contributed by atoms with van der Waals surface area (Å²) in [4.78, 5) is 12.2. The Kier molecular flexibility index (Phi) is 4.66. The quantitative estimate of drug-likeness (QED) is 0.610. The number of rotatable bonds is 4. The molecule has 5 atom stereocenters.